The van der Waals surface area contributed by atoms with Crippen LogP contribution in [0.4, 0.5) is 4.39 Å². The van der Waals surface area contributed by atoms with Crippen LogP contribution < -0.4 is 11.1 Å². The minimum absolute atomic E-state index is 0. The lowest BCUT2D eigenvalue weighted by Gasteiger charge is -2.27. The van der Waals surface area contributed by atoms with Crippen LogP contribution in [0.25, 0.3) is 0 Å². The zero-order valence-electron chi connectivity index (χ0n) is 14.0. The molecule has 0 bridgehead atoms. The molecule has 0 radical (unpaired) electrons. The second kappa shape index (κ2) is 8.55. The smallest absolute Gasteiger partial charge is 0.271 e. The Balaban J connectivity index is 0.00000288. The molecule has 0 fully saturated rings. The molecule has 3 N–H and O–H groups in total. The molecule has 0 saturated carbocycles. The minimum atomic E-state index is -0.290. The molecule has 0 aliphatic heterocycles. The number of hydrogen-bond donors (Lipinski definition) is 2. The maximum absolute atomic E-state index is 13.1. The molecule has 1 amide bonds. The molecule has 0 aliphatic carbocycles. The molecule has 0 aliphatic rings. The summed E-state index contributed by atoms with van der Waals surface area (Å²) >= 11 is 1.37. The molecule has 1 aromatic heterocycles. The maximum atomic E-state index is 13.1. The summed E-state index contributed by atoms with van der Waals surface area (Å²) in [6, 6.07) is 6.03. The maximum Gasteiger partial charge on any atom is 0.271 e. The van der Waals surface area contributed by atoms with Gasteiger partial charge in [-0.1, -0.05) is 32.9 Å². The van der Waals surface area contributed by atoms with Crippen molar-refractivity contribution < 1.29 is 9.18 Å². The largest absolute Gasteiger partial charge is 0.344 e. The predicted molar refractivity (Wildman–Crippen MR) is 97.9 cm³/mol. The van der Waals surface area contributed by atoms with E-state index in [4.69, 9.17) is 5.73 Å². The highest BCUT2D eigenvalue weighted by molar-refractivity contribution is 7.09. The molecule has 1 unspecified atom stereocenters. The Hall–Kier alpha value is -1.50. The topological polar surface area (TPSA) is 68.0 Å². The van der Waals surface area contributed by atoms with Crippen LogP contribution in [-0.2, 0) is 6.54 Å². The first-order valence-electron chi connectivity index (χ1n) is 7.49. The number of carbonyl (C=O) groups is 1. The fourth-order valence-corrected chi connectivity index (χ4v) is 2.96. The monoisotopic (exact) mass is 371 g/mol. The van der Waals surface area contributed by atoms with Crippen molar-refractivity contribution in [1.82, 2.24) is 10.3 Å². The van der Waals surface area contributed by atoms with Gasteiger partial charge < -0.3 is 11.1 Å². The highest BCUT2D eigenvalue weighted by atomic mass is 35.5. The number of nitrogens with two attached hydrogens (primary N) is 1. The van der Waals surface area contributed by atoms with E-state index in [0.29, 0.717) is 12.2 Å². The lowest BCUT2D eigenvalue weighted by Crippen LogP contribution is -2.31. The van der Waals surface area contributed by atoms with Crippen LogP contribution in [0.1, 0.15) is 54.3 Å². The van der Waals surface area contributed by atoms with Crippen LogP contribution in [0.2, 0.25) is 0 Å². The summed E-state index contributed by atoms with van der Waals surface area (Å²) in [4.78, 5) is 16.6. The average molecular weight is 372 g/mol. The second-order valence-corrected chi connectivity index (χ2v) is 7.62. The van der Waals surface area contributed by atoms with E-state index in [2.05, 4.69) is 31.1 Å². The van der Waals surface area contributed by atoms with Crippen LogP contribution in [0.15, 0.2) is 29.6 Å². The van der Waals surface area contributed by atoms with Crippen molar-refractivity contribution >= 4 is 29.7 Å². The Labute approximate surface area is 152 Å². The zero-order chi connectivity index (χ0) is 17.0. The van der Waals surface area contributed by atoms with E-state index < -0.39 is 0 Å². The number of halogens is 2. The van der Waals surface area contributed by atoms with E-state index in [0.717, 1.165) is 17.0 Å². The van der Waals surface area contributed by atoms with Gasteiger partial charge in [0, 0.05) is 11.9 Å². The molecule has 4 nitrogen and oxygen atoms in total. The average Bonchev–Trinajstić information content (AvgIpc) is 2.95. The zero-order valence-corrected chi connectivity index (χ0v) is 15.6. The number of amides is 1. The van der Waals surface area contributed by atoms with Gasteiger partial charge in [0.25, 0.3) is 5.91 Å². The van der Waals surface area contributed by atoms with Crippen molar-refractivity contribution in [3.05, 3.63) is 51.7 Å². The SMILES string of the molecule is CC(C)(C)CC(NC(=O)c1csc(CN)n1)c1ccc(F)cc1.Cl. The summed E-state index contributed by atoms with van der Waals surface area (Å²) in [5.74, 6) is -0.527. The number of aromatic nitrogens is 1. The quantitative estimate of drug-likeness (QED) is 0.832. The fourth-order valence-electron chi connectivity index (χ4n) is 2.30. The number of nitrogens with one attached hydrogen (secondary N) is 1. The molecule has 1 aromatic carbocycles. The Morgan fingerprint density at radius 3 is 2.46 bits per heavy atom. The van der Waals surface area contributed by atoms with Gasteiger partial charge in [0.2, 0.25) is 0 Å². The van der Waals surface area contributed by atoms with Gasteiger partial charge in [0.1, 0.15) is 16.5 Å². The Bertz CT molecular complexity index is 667. The Morgan fingerprint density at radius 2 is 1.96 bits per heavy atom. The number of benzene rings is 1. The van der Waals surface area contributed by atoms with Gasteiger partial charge in [-0.3, -0.25) is 4.79 Å². The van der Waals surface area contributed by atoms with Gasteiger partial charge in [-0.15, -0.1) is 23.7 Å². The molecule has 24 heavy (non-hydrogen) atoms. The van der Waals surface area contributed by atoms with Gasteiger partial charge in [-0.25, -0.2) is 9.37 Å². The van der Waals surface area contributed by atoms with Crippen LogP contribution in [0, 0.1) is 11.2 Å². The summed E-state index contributed by atoms with van der Waals surface area (Å²) in [6.07, 6.45) is 0.734. The van der Waals surface area contributed by atoms with Gasteiger partial charge in [0.05, 0.1) is 6.04 Å². The molecule has 132 valence electrons. The second-order valence-electron chi connectivity index (χ2n) is 6.67. The van der Waals surface area contributed by atoms with Gasteiger partial charge in [-0.2, -0.15) is 0 Å². The lowest BCUT2D eigenvalue weighted by atomic mass is 9.85. The van der Waals surface area contributed by atoms with E-state index in [1.54, 1.807) is 17.5 Å². The third-order valence-electron chi connectivity index (χ3n) is 3.35. The summed E-state index contributed by atoms with van der Waals surface area (Å²) in [5.41, 5.74) is 6.79. The van der Waals surface area contributed by atoms with Gasteiger partial charge in [0.15, 0.2) is 0 Å². The summed E-state index contributed by atoms with van der Waals surface area (Å²) < 4.78 is 13.1. The Morgan fingerprint density at radius 1 is 1.33 bits per heavy atom. The highest BCUT2D eigenvalue weighted by Crippen LogP contribution is 2.30. The van der Waals surface area contributed by atoms with Crippen molar-refractivity contribution in [3.63, 3.8) is 0 Å². The molecule has 0 spiro atoms. The van der Waals surface area contributed by atoms with Crippen LogP contribution in [-0.4, -0.2) is 10.9 Å². The van der Waals surface area contributed by atoms with E-state index in [1.807, 2.05) is 0 Å². The third-order valence-corrected chi connectivity index (χ3v) is 4.22. The molecule has 1 atom stereocenters. The molecular formula is C17H23ClFN3OS. The van der Waals surface area contributed by atoms with Crippen LogP contribution in [0.3, 0.4) is 0 Å². The summed E-state index contributed by atoms with van der Waals surface area (Å²) in [7, 11) is 0. The Kier molecular flexibility index (Phi) is 7.32. The normalized spacial score (nSPS) is 12.4. The molecule has 0 saturated heterocycles. The van der Waals surface area contributed by atoms with Crippen molar-refractivity contribution in [2.45, 2.75) is 39.8 Å². The summed E-state index contributed by atoms with van der Waals surface area (Å²) in [6.45, 7) is 6.63. The van der Waals surface area contributed by atoms with Crippen LogP contribution in [0.5, 0.6) is 0 Å². The predicted octanol–water partition coefficient (Wildman–Crippen LogP) is 4.07. The van der Waals surface area contributed by atoms with E-state index in [-0.39, 0.29) is 35.6 Å². The van der Waals surface area contributed by atoms with E-state index in [9.17, 15) is 9.18 Å². The first-order chi connectivity index (χ1) is 10.8. The summed E-state index contributed by atoms with van der Waals surface area (Å²) in [5, 5.41) is 5.44. The molecular weight excluding hydrogens is 349 g/mol. The lowest BCUT2D eigenvalue weighted by molar-refractivity contribution is 0.0921. The van der Waals surface area contributed by atoms with Crippen molar-refractivity contribution in [3.8, 4) is 0 Å². The minimum Gasteiger partial charge on any atom is -0.344 e. The number of nitrogens with zero attached hydrogens (tertiary/aromatic N) is 1. The van der Waals surface area contributed by atoms with Crippen molar-refractivity contribution in [1.29, 1.82) is 0 Å². The van der Waals surface area contributed by atoms with Crippen molar-refractivity contribution in [2.75, 3.05) is 0 Å². The van der Waals surface area contributed by atoms with Gasteiger partial charge >= 0.3 is 0 Å². The number of rotatable bonds is 5. The molecule has 2 rings (SSSR count). The van der Waals surface area contributed by atoms with Crippen molar-refractivity contribution in [2.24, 2.45) is 11.1 Å². The van der Waals surface area contributed by atoms with Crippen LogP contribution >= 0.6 is 23.7 Å². The van der Waals surface area contributed by atoms with Gasteiger partial charge in [-0.05, 0) is 29.5 Å². The highest BCUT2D eigenvalue weighted by Gasteiger charge is 2.23. The van der Waals surface area contributed by atoms with E-state index >= 15 is 0 Å². The first-order valence-corrected chi connectivity index (χ1v) is 8.37. The standard InChI is InChI=1S/C17H22FN3OS.ClH/c1-17(2,3)8-13(11-4-6-12(18)7-5-11)21-16(22)14-10-23-15(9-19)20-14;/h4-7,10,13H,8-9,19H2,1-3H3,(H,21,22);1H. The number of thiazole rings is 1. The number of hydrogen-bond acceptors (Lipinski definition) is 4. The first kappa shape index (κ1) is 20.5. The van der Waals surface area contributed by atoms with E-state index in [1.165, 1.54) is 23.5 Å². The number of carbonyl (C=O) groups excluding carboxylic acids is 1. The molecule has 2 aromatic rings. The fraction of sp³-hybridized carbons (Fsp3) is 0.412. The molecule has 7 heteroatoms. The third kappa shape index (κ3) is 5.85. The molecule has 1 heterocycles.